The van der Waals surface area contributed by atoms with E-state index in [2.05, 4.69) is 0 Å². The smallest absolute Gasteiger partial charge is 0.183 e. The van der Waals surface area contributed by atoms with Crippen molar-refractivity contribution in [2.24, 2.45) is 5.41 Å². The topological polar surface area (TPSA) is 94.8 Å². The molecule has 0 saturated carbocycles. The zero-order valence-corrected chi connectivity index (χ0v) is 12.2. The number of aliphatic hydroxyl groups is 2. The van der Waals surface area contributed by atoms with Gasteiger partial charge in [0.15, 0.2) is 11.6 Å². The normalized spacial score (nSPS) is 20.2. The molecule has 3 N–H and O–H groups in total. The number of carbonyl (C=O) groups is 2. The first-order chi connectivity index (χ1) is 10.2. The van der Waals surface area contributed by atoms with Crippen molar-refractivity contribution in [3.63, 3.8) is 0 Å². The molecule has 0 amide bonds. The minimum atomic E-state index is -1.32. The average Bonchev–Trinajstić information content (AvgIpc) is 2.45. The number of aliphatic hydroxyl groups excluding tert-OH is 2. The third-order valence-corrected chi connectivity index (χ3v) is 3.52. The van der Waals surface area contributed by atoms with Gasteiger partial charge >= 0.3 is 0 Å². The maximum absolute atomic E-state index is 12.3. The lowest BCUT2D eigenvalue weighted by Gasteiger charge is -2.25. The molecule has 1 aliphatic carbocycles. The van der Waals surface area contributed by atoms with E-state index in [1.54, 1.807) is 12.1 Å². The number of phenols is 1. The molecule has 0 aromatic heterocycles. The molecule has 1 aromatic rings. The van der Waals surface area contributed by atoms with Crippen molar-refractivity contribution < 1.29 is 24.9 Å². The first-order valence-electron chi connectivity index (χ1n) is 6.64. The van der Waals surface area contributed by atoms with Crippen LogP contribution in [0.1, 0.15) is 19.4 Å². The molecule has 5 heteroatoms. The average molecular weight is 300 g/mol. The maximum atomic E-state index is 12.3. The number of phenolic OH excluding ortho intramolecular Hbond substituents is 1. The summed E-state index contributed by atoms with van der Waals surface area (Å²) in [5.74, 6) is -1.99. The van der Waals surface area contributed by atoms with E-state index in [4.69, 9.17) is 0 Å². The molecule has 2 rings (SSSR count). The van der Waals surface area contributed by atoms with Crippen molar-refractivity contribution in [1.82, 2.24) is 0 Å². The highest BCUT2D eigenvalue weighted by Crippen LogP contribution is 2.32. The summed E-state index contributed by atoms with van der Waals surface area (Å²) >= 11 is 0. The Morgan fingerprint density at radius 3 is 2.27 bits per heavy atom. The highest BCUT2D eigenvalue weighted by atomic mass is 16.3. The molecular formula is C17H16O5. The third kappa shape index (κ3) is 2.79. The van der Waals surface area contributed by atoms with Gasteiger partial charge in [0.2, 0.25) is 0 Å². The number of Topliss-reactive ketones (excluding diaryl/α,β-unsaturated/α-hetero) is 1. The van der Waals surface area contributed by atoms with Gasteiger partial charge in [0.25, 0.3) is 0 Å². The Hall–Kier alpha value is -2.82. The molecule has 0 heterocycles. The van der Waals surface area contributed by atoms with Gasteiger partial charge in [0.05, 0.1) is 5.41 Å². The fraction of sp³-hybridized carbons (Fsp3) is 0.176. The van der Waals surface area contributed by atoms with Crippen LogP contribution in [0.4, 0.5) is 0 Å². The molecule has 1 aliphatic rings. The fourth-order valence-electron chi connectivity index (χ4n) is 2.01. The molecule has 22 heavy (non-hydrogen) atoms. The van der Waals surface area contributed by atoms with Crippen LogP contribution < -0.4 is 0 Å². The second-order valence-corrected chi connectivity index (χ2v) is 5.53. The molecule has 0 aliphatic heterocycles. The lowest BCUT2D eigenvalue weighted by atomic mass is 9.75. The molecular weight excluding hydrogens is 284 g/mol. The standard InChI is InChI=1S/C17H16O5/c1-17(2)14(21)9-13(20)15(16(17)22)12(19)8-5-10-3-6-11(18)7-4-10/h3-9,18-20H,1-2H3/b8-5+,15-12+. The zero-order chi connectivity index (χ0) is 16.5. The van der Waals surface area contributed by atoms with Gasteiger partial charge in [0.1, 0.15) is 22.8 Å². The van der Waals surface area contributed by atoms with E-state index in [1.165, 1.54) is 38.1 Å². The molecule has 0 saturated heterocycles. The number of benzene rings is 1. The highest BCUT2D eigenvalue weighted by molar-refractivity contribution is 6.22. The number of ketones is 2. The van der Waals surface area contributed by atoms with E-state index in [0.717, 1.165) is 6.08 Å². The Kier molecular flexibility index (Phi) is 3.91. The van der Waals surface area contributed by atoms with E-state index >= 15 is 0 Å². The lowest BCUT2D eigenvalue weighted by Crippen LogP contribution is -2.38. The molecule has 0 radical (unpaired) electrons. The second kappa shape index (κ2) is 5.52. The summed E-state index contributed by atoms with van der Waals surface area (Å²) in [6.45, 7) is 2.88. The number of hydrogen-bond acceptors (Lipinski definition) is 5. The van der Waals surface area contributed by atoms with Crippen molar-refractivity contribution in [1.29, 1.82) is 0 Å². The highest BCUT2D eigenvalue weighted by Gasteiger charge is 2.42. The number of allylic oxidation sites excluding steroid dienone is 3. The van der Waals surface area contributed by atoms with Crippen molar-refractivity contribution in [2.75, 3.05) is 0 Å². The summed E-state index contributed by atoms with van der Waals surface area (Å²) < 4.78 is 0. The summed E-state index contributed by atoms with van der Waals surface area (Å²) in [5, 5.41) is 29.0. The van der Waals surface area contributed by atoms with Gasteiger partial charge in [-0.3, -0.25) is 9.59 Å². The first-order valence-corrected chi connectivity index (χ1v) is 6.64. The zero-order valence-electron chi connectivity index (χ0n) is 12.2. The number of carbonyl (C=O) groups excluding carboxylic acids is 2. The van der Waals surface area contributed by atoms with Gasteiger partial charge in [-0.15, -0.1) is 0 Å². The van der Waals surface area contributed by atoms with Crippen molar-refractivity contribution in [3.05, 3.63) is 59.1 Å². The fourth-order valence-corrected chi connectivity index (χ4v) is 2.01. The molecule has 0 bridgehead atoms. The van der Waals surface area contributed by atoms with Crippen LogP contribution in [0.25, 0.3) is 6.08 Å². The summed E-state index contributed by atoms with van der Waals surface area (Å²) in [7, 11) is 0. The quantitative estimate of drug-likeness (QED) is 0.443. The minimum Gasteiger partial charge on any atom is -0.508 e. The van der Waals surface area contributed by atoms with Crippen LogP contribution >= 0.6 is 0 Å². The Bertz CT molecular complexity index is 718. The predicted octanol–water partition coefficient (Wildman–Crippen LogP) is 2.84. The number of hydrogen-bond donors (Lipinski definition) is 3. The van der Waals surface area contributed by atoms with Crippen molar-refractivity contribution in [3.8, 4) is 5.75 Å². The van der Waals surface area contributed by atoms with E-state index in [0.29, 0.717) is 5.56 Å². The molecule has 0 fully saturated rings. The predicted molar refractivity (Wildman–Crippen MR) is 81.3 cm³/mol. The van der Waals surface area contributed by atoms with E-state index < -0.39 is 28.5 Å². The van der Waals surface area contributed by atoms with Crippen LogP contribution in [0, 0.1) is 5.41 Å². The Labute approximate surface area is 127 Å². The van der Waals surface area contributed by atoms with Gasteiger partial charge < -0.3 is 15.3 Å². The van der Waals surface area contributed by atoms with Gasteiger partial charge in [-0.25, -0.2) is 0 Å². The summed E-state index contributed by atoms with van der Waals surface area (Å²) in [6.07, 6.45) is 3.72. The Balaban J connectivity index is 2.40. The van der Waals surface area contributed by atoms with E-state index in [9.17, 15) is 24.9 Å². The molecule has 114 valence electrons. The van der Waals surface area contributed by atoms with Gasteiger partial charge in [-0.05, 0) is 37.6 Å². The van der Waals surface area contributed by atoms with Crippen LogP contribution in [0.5, 0.6) is 5.75 Å². The van der Waals surface area contributed by atoms with Crippen LogP contribution in [0.15, 0.2) is 53.5 Å². The summed E-state index contributed by atoms with van der Waals surface area (Å²) in [6, 6.07) is 6.20. The second-order valence-electron chi connectivity index (χ2n) is 5.53. The van der Waals surface area contributed by atoms with Gasteiger partial charge in [-0.1, -0.05) is 18.2 Å². The first kappa shape index (κ1) is 15.6. The molecule has 0 unspecified atom stereocenters. The minimum absolute atomic E-state index is 0.114. The maximum Gasteiger partial charge on any atom is 0.183 e. The monoisotopic (exact) mass is 300 g/mol. The SMILES string of the molecule is CC1(C)C(=O)C=C(O)/C(=C(O)/C=C/c2ccc(O)cc2)C1=O. The molecule has 1 aromatic carbocycles. The van der Waals surface area contributed by atoms with Crippen LogP contribution in [0.2, 0.25) is 0 Å². The van der Waals surface area contributed by atoms with Gasteiger partial charge in [0, 0.05) is 6.08 Å². The van der Waals surface area contributed by atoms with Crippen LogP contribution in [0.3, 0.4) is 0 Å². The Morgan fingerprint density at radius 1 is 1.09 bits per heavy atom. The summed E-state index contributed by atoms with van der Waals surface area (Å²) in [4.78, 5) is 24.0. The number of rotatable bonds is 2. The van der Waals surface area contributed by atoms with Gasteiger partial charge in [-0.2, -0.15) is 0 Å². The van der Waals surface area contributed by atoms with Crippen molar-refractivity contribution >= 4 is 17.6 Å². The van der Waals surface area contributed by atoms with E-state index in [1.807, 2.05) is 0 Å². The largest absolute Gasteiger partial charge is 0.508 e. The molecule has 0 atom stereocenters. The summed E-state index contributed by atoms with van der Waals surface area (Å²) in [5.41, 5.74) is -0.909. The number of aromatic hydroxyl groups is 1. The van der Waals surface area contributed by atoms with Crippen LogP contribution in [-0.4, -0.2) is 26.9 Å². The molecule has 5 nitrogen and oxygen atoms in total. The third-order valence-electron chi connectivity index (χ3n) is 3.52. The van der Waals surface area contributed by atoms with Crippen molar-refractivity contribution in [2.45, 2.75) is 13.8 Å². The lowest BCUT2D eigenvalue weighted by molar-refractivity contribution is -0.134. The Morgan fingerprint density at radius 2 is 1.68 bits per heavy atom. The van der Waals surface area contributed by atoms with Crippen LogP contribution in [-0.2, 0) is 9.59 Å². The molecule has 0 spiro atoms. The van der Waals surface area contributed by atoms with E-state index in [-0.39, 0.29) is 11.3 Å².